The fraction of sp³-hybridized carbons (Fsp3) is 0.357. The molecule has 3 nitrogen and oxygen atoms in total. The van der Waals surface area contributed by atoms with E-state index in [4.69, 9.17) is 10.5 Å². The van der Waals surface area contributed by atoms with E-state index in [-0.39, 0.29) is 17.1 Å². The molecule has 0 saturated heterocycles. The minimum absolute atomic E-state index is 0.277. The SMILES string of the molecule is COC(=O)C1=C(N)C2CCc3ccccc3C2S1. The summed E-state index contributed by atoms with van der Waals surface area (Å²) >= 11 is 1.56. The molecule has 0 bridgehead atoms. The van der Waals surface area contributed by atoms with Crippen molar-refractivity contribution < 1.29 is 9.53 Å². The lowest BCUT2D eigenvalue weighted by molar-refractivity contribution is -0.135. The smallest absolute Gasteiger partial charge is 0.346 e. The van der Waals surface area contributed by atoms with Crippen molar-refractivity contribution in [3.8, 4) is 0 Å². The lowest BCUT2D eigenvalue weighted by Crippen LogP contribution is -2.20. The van der Waals surface area contributed by atoms with Crippen LogP contribution in [0.2, 0.25) is 0 Å². The van der Waals surface area contributed by atoms with E-state index >= 15 is 0 Å². The fourth-order valence-corrected chi connectivity index (χ4v) is 4.33. The molecule has 18 heavy (non-hydrogen) atoms. The number of fused-ring (bicyclic) bond motifs is 3. The number of hydrogen-bond acceptors (Lipinski definition) is 4. The van der Waals surface area contributed by atoms with Crippen LogP contribution in [0.5, 0.6) is 0 Å². The molecule has 1 aromatic carbocycles. The molecule has 4 heteroatoms. The van der Waals surface area contributed by atoms with Crippen LogP contribution in [0.15, 0.2) is 34.9 Å². The van der Waals surface area contributed by atoms with Gasteiger partial charge in [0.05, 0.1) is 7.11 Å². The molecule has 2 atom stereocenters. The molecule has 2 unspecified atom stereocenters. The summed E-state index contributed by atoms with van der Waals surface area (Å²) < 4.78 is 4.80. The molecule has 0 radical (unpaired) electrons. The number of hydrogen-bond donors (Lipinski definition) is 1. The first-order valence-electron chi connectivity index (χ1n) is 6.04. The van der Waals surface area contributed by atoms with Crippen LogP contribution < -0.4 is 5.73 Å². The number of ether oxygens (including phenoxy) is 1. The van der Waals surface area contributed by atoms with Crippen molar-refractivity contribution in [1.82, 2.24) is 0 Å². The van der Waals surface area contributed by atoms with Crippen molar-refractivity contribution in [2.45, 2.75) is 18.1 Å². The molecule has 3 rings (SSSR count). The Kier molecular flexibility index (Phi) is 2.82. The molecule has 94 valence electrons. The number of benzene rings is 1. The minimum atomic E-state index is -0.301. The highest BCUT2D eigenvalue weighted by Gasteiger charge is 2.41. The topological polar surface area (TPSA) is 52.3 Å². The Morgan fingerprint density at radius 1 is 1.44 bits per heavy atom. The predicted molar refractivity (Wildman–Crippen MR) is 71.8 cm³/mol. The molecule has 1 aliphatic heterocycles. The van der Waals surface area contributed by atoms with Gasteiger partial charge in [-0.15, -0.1) is 11.8 Å². The number of methoxy groups -OCH3 is 1. The summed E-state index contributed by atoms with van der Waals surface area (Å²) in [6, 6.07) is 8.43. The Bertz CT molecular complexity index is 538. The fourth-order valence-electron chi connectivity index (χ4n) is 2.80. The summed E-state index contributed by atoms with van der Waals surface area (Å²) in [5.41, 5.74) is 9.54. The zero-order chi connectivity index (χ0) is 12.7. The maximum atomic E-state index is 11.7. The monoisotopic (exact) mass is 261 g/mol. The molecule has 2 aliphatic rings. The van der Waals surface area contributed by atoms with E-state index in [0.717, 1.165) is 12.8 Å². The van der Waals surface area contributed by atoms with Gasteiger partial charge in [-0.3, -0.25) is 0 Å². The Hall–Kier alpha value is -1.42. The molecule has 0 spiro atoms. The summed E-state index contributed by atoms with van der Waals surface area (Å²) in [5.74, 6) is -0.0246. The van der Waals surface area contributed by atoms with Crippen molar-refractivity contribution in [2.24, 2.45) is 11.7 Å². The van der Waals surface area contributed by atoms with Gasteiger partial charge in [-0.05, 0) is 24.0 Å². The van der Waals surface area contributed by atoms with Crippen LogP contribution in [0.25, 0.3) is 0 Å². The second-order valence-electron chi connectivity index (χ2n) is 4.66. The molecule has 0 fully saturated rings. The van der Waals surface area contributed by atoms with Gasteiger partial charge in [-0.25, -0.2) is 4.79 Å². The number of carbonyl (C=O) groups is 1. The first-order chi connectivity index (χ1) is 8.72. The Morgan fingerprint density at radius 3 is 3.00 bits per heavy atom. The Balaban J connectivity index is 1.98. The van der Waals surface area contributed by atoms with Gasteiger partial charge >= 0.3 is 5.97 Å². The van der Waals surface area contributed by atoms with E-state index in [2.05, 4.69) is 18.2 Å². The zero-order valence-corrected chi connectivity index (χ0v) is 11.0. The van der Waals surface area contributed by atoms with E-state index in [0.29, 0.717) is 10.6 Å². The maximum absolute atomic E-state index is 11.7. The molecule has 1 heterocycles. The average Bonchev–Trinajstić information content (AvgIpc) is 2.76. The number of thioether (sulfide) groups is 1. The van der Waals surface area contributed by atoms with Gasteiger partial charge in [-0.1, -0.05) is 24.3 Å². The highest BCUT2D eigenvalue weighted by atomic mass is 32.2. The van der Waals surface area contributed by atoms with Crippen LogP contribution in [0.3, 0.4) is 0 Å². The Labute approximate surface area is 110 Å². The molecule has 0 saturated carbocycles. The van der Waals surface area contributed by atoms with E-state index in [1.54, 1.807) is 11.8 Å². The second kappa shape index (κ2) is 4.35. The highest BCUT2D eigenvalue weighted by Crippen LogP contribution is 2.54. The molecular weight excluding hydrogens is 246 g/mol. The van der Waals surface area contributed by atoms with Crippen LogP contribution in [0.1, 0.15) is 22.8 Å². The summed E-state index contributed by atoms with van der Waals surface area (Å²) in [6.45, 7) is 0. The molecule has 1 aliphatic carbocycles. The quantitative estimate of drug-likeness (QED) is 0.789. The van der Waals surface area contributed by atoms with Gasteiger partial charge in [0, 0.05) is 16.9 Å². The first kappa shape index (κ1) is 11.7. The van der Waals surface area contributed by atoms with Gasteiger partial charge in [0.15, 0.2) is 0 Å². The van der Waals surface area contributed by atoms with Crippen LogP contribution in [-0.2, 0) is 16.0 Å². The van der Waals surface area contributed by atoms with E-state index in [9.17, 15) is 4.79 Å². The van der Waals surface area contributed by atoms with Gasteiger partial charge < -0.3 is 10.5 Å². The number of carbonyl (C=O) groups excluding carboxylic acids is 1. The van der Waals surface area contributed by atoms with Gasteiger partial charge in [0.25, 0.3) is 0 Å². The van der Waals surface area contributed by atoms with E-state index in [1.165, 1.54) is 18.2 Å². The lowest BCUT2D eigenvalue weighted by atomic mass is 9.82. The lowest BCUT2D eigenvalue weighted by Gasteiger charge is -2.28. The van der Waals surface area contributed by atoms with Gasteiger partial charge in [-0.2, -0.15) is 0 Å². The van der Waals surface area contributed by atoms with Gasteiger partial charge in [0.1, 0.15) is 4.91 Å². The second-order valence-corrected chi connectivity index (χ2v) is 5.81. The normalized spacial score (nSPS) is 25.6. The van der Waals surface area contributed by atoms with Crippen LogP contribution in [0, 0.1) is 5.92 Å². The van der Waals surface area contributed by atoms with Gasteiger partial charge in [0.2, 0.25) is 0 Å². The molecule has 0 amide bonds. The third kappa shape index (κ3) is 1.63. The number of allylic oxidation sites excluding steroid dienone is 1. The first-order valence-corrected chi connectivity index (χ1v) is 6.92. The number of rotatable bonds is 1. The largest absolute Gasteiger partial charge is 0.465 e. The van der Waals surface area contributed by atoms with Crippen molar-refractivity contribution in [3.63, 3.8) is 0 Å². The predicted octanol–water partition coefficient (Wildman–Crippen LogP) is 2.38. The third-order valence-electron chi connectivity index (χ3n) is 3.73. The minimum Gasteiger partial charge on any atom is -0.465 e. The van der Waals surface area contributed by atoms with Crippen molar-refractivity contribution in [2.75, 3.05) is 7.11 Å². The number of aryl methyl sites for hydroxylation is 1. The molecular formula is C14H15NO2S. The number of nitrogens with two attached hydrogens (primary N) is 1. The van der Waals surface area contributed by atoms with Crippen LogP contribution >= 0.6 is 11.8 Å². The standard InChI is InChI=1S/C14H15NO2S/c1-17-14(16)13-11(15)10-7-6-8-4-2-3-5-9(8)12(10)18-13/h2-5,10,12H,6-7,15H2,1H3. The summed E-state index contributed by atoms with van der Waals surface area (Å²) in [5, 5.41) is 0.282. The van der Waals surface area contributed by atoms with Crippen molar-refractivity contribution in [3.05, 3.63) is 46.0 Å². The molecule has 1 aromatic rings. The maximum Gasteiger partial charge on any atom is 0.346 e. The molecule has 0 aromatic heterocycles. The third-order valence-corrected chi connectivity index (χ3v) is 5.20. The van der Waals surface area contributed by atoms with Crippen LogP contribution in [0.4, 0.5) is 0 Å². The molecule has 2 N–H and O–H groups in total. The summed E-state index contributed by atoms with van der Waals surface area (Å²) in [7, 11) is 1.40. The summed E-state index contributed by atoms with van der Waals surface area (Å²) in [6.07, 6.45) is 2.05. The summed E-state index contributed by atoms with van der Waals surface area (Å²) in [4.78, 5) is 12.3. The van der Waals surface area contributed by atoms with E-state index < -0.39 is 0 Å². The van der Waals surface area contributed by atoms with Crippen molar-refractivity contribution in [1.29, 1.82) is 0 Å². The van der Waals surface area contributed by atoms with E-state index in [1.807, 2.05) is 6.07 Å². The van der Waals surface area contributed by atoms with Crippen molar-refractivity contribution >= 4 is 17.7 Å². The highest BCUT2D eigenvalue weighted by molar-refractivity contribution is 8.04. The van der Waals surface area contributed by atoms with Crippen LogP contribution in [-0.4, -0.2) is 13.1 Å². The zero-order valence-electron chi connectivity index (χ0n) is 10.2. The average molecular weight is 261 g/mol. The number of esters is 1. The Morgan fingerprint density at radius 2 is 2.22 bits per heavy atom.